The minimum absolute atomic E-state index is 0.0836. The maximum atomic E-state index is 11.5. The van der Waals surface area contributed by atoms with Crippen LogP contribution in [0.1, 0.15) is 33.1 Å². The number of likely N-dealkylation sites (N-methyl/N-ethyl adjacent to an activating group) is 1. The van der Waals surface area contributed by atoms with Crippen molar-refractivity contribution in [3.63, 3.8) is 0 Å². The van der Waals surface area contributed by atoms with Gasteiger partial charge in [0.05, 0.1) is 18.2 Å². The molecule has 0 saturated carbocycles. The van der Waals surface area contributed by atoms with Gasteiger partial charge in [-0.1, -0.05) is 0 Å². The Morgan fingerprint density at radius 1 is 1.53 bits per heavy atom. The van der Waals surface area contributed by atoms with E-state index in [1.165, 1.54) is 6.42 Å². The molecule has 2 aliphatic heterocycles. The second-order valence-corrected chi connectivity index (χ2v) is 4.50. The molecule has 4 atom stereocenters. The van der Waals surface area contributed by atoms with E-state index in [0.29, 0.717) is 24.8 Å². The molecule has 0 spiro atoms. The van der Waals surface area contributed by atoms with E-state index >= 15 is 0 Å². The Hall–Kier alpha value is -0.610. The number of hydrogen-bond acceptors (Lipinski definition) is 3. The van der Waals surface area contributed by atoms with Crippen LogP contribution in [0, 0.1) is 0 Å². The van der Waals surface area contributed by atoms with Gasteiger partial charge in [0.15, 0.2) is 0 Å². The Morgan fingerprint density at radius 3 is 2.87 bits per heavy atom. The Balaban J connectivity index is 1.79. The van der Waals surface area contributed by atoms with E-state index in [0.717, 1.165) is 12.8 Å². The smallest absolute Gasteiger partial charge is 0.236 e. The summed E-state index contributed by atoms with van der Waals surface area (Å²) in [6, 6.07) is 0.263. The molecule has 2 aliphatic rings. The normalized spacial score (nSPS) is 35.5. The molecule has 4 heteroatoms. The van der Waals surface area contributed by atoms with Crippen LogP contribution in [0.4, 0.5) is 0 Å². The Bertz CT molecular complexity index is 245. The minimum atomic E-state index is -0.113. The van der Waals surface area contributed by atoms with E-state index in [1.54, 1.807) is 0 Å². The SMILES string of the molecule is CCNC(=O)C(C)NC1CC2CCC1O2. The topological polar surface area (TPSA) is 50.4 Å². The molecule has 2 bridgehead atoms. The van der Waals surface area contributed by atoms with Crippen molar-refractivity contribution in [3.05, 3.63) is 0 Å². The van der Waals surface area contributed by atoms with Gasteiger partial charge in [-0.3, -0.25) is 4.79 Å². The highest BCUT2D eigenvalue weighted by Gasteiger charge is 2.41. The van der Waals surface area contributed by atoms with E-state index in [9.17, 15) is 4.79 Å². The number of hydrogen-bond donors (Lipinski definition) is 2. The third kappa shape index (κ3) is 2.32. The summed E-state index contributed by atoms with van der Waals surface area (Å²) in [5.41, 5.74) is 0. The molecule has 2 fully saturated rings. The first-order valence-electron chi connectivity index (χ1n) is 5.90. The highest BCUT2D eigenvalue weighted by molar-refractivity contribution is 5.81. The van der Waals surface area contributed by atoms with Crippen molar-refractivity contribution >= 4 is 5.91 Å². The molecular weight excluding hydrogens is 192 g/mol. The molecule has 4 nitrogen and oxygen atoms in total. The van der Waals surface area contributed by atoms with Crippen LogP contribution < -0.4 is 10.6 Å². The van der Waals surface area contributed by atoms with E-state index in [2.05, 4.69) is 10.6 Å². The molecule has 0 aromatic heterocycles. The van der Waals surface area contributed by atoms with Gasteiger partial charge >= 0.3 is 0 Å². The summed E-state index contributed by atoms with van der Waals surface area (Å²) in [5.74, 6) is 0.0836. The highest BCUT2D eigenvalue weighted by Crippen LogP contribution is 2.34. The number of carbonyl (C=O) groups excluding carboxylic acids is 1. The second-order valence-electron chi connectivity index (χ2n) is 4.50. The molecule has 0 radical (unpaired) electrons. The highest BCUT2D eigenvalue weighted by atomic mass is 16.5. The summed E-state index contributed by atoms with van der Waals surface area (Å²) in [6.45, 7) is 4.54. The van der Waals surface area contributed by atoms with Crippen molar-refractivity contribution in [1.29, 1.82) is 0 Å². The zero-order valence-electron chi connectivity index (χ0n) is 9.45. The largest absolute Gasteiger partial charge is 0.373 e. The van der Waals surface area contributed by atoms with E-state index in [4.69, 9.17) is 4.74 Å². The maximum Gasteiger partial charge on any atom is 0.236 e. The lowest BCUT2D eigenvalue weighted by molar-refractivity contribution is -0.122. The summed E-state index contributed by atoms with van der Waals surface area (Å²) < 4.78 is 5.73. The summed E-state index contributed by atoms with van der Waals surface area (Å²) >= 11 is 0. The van der Waals surface area contributed by atoms with Gasteiger partial charge in [0, 0.05) is 12.6 Å². The van der Waals surface area contributed by atoms with Crippen molar-refractivity contribution in [2.45, 2.75) is 57.4 Å². The molecular formula is C11H20N2O2. The van der Waals surface area contributed by atoms with Gasteiger partial charge in [-0.05, 0) is 33.1 Å². The number of amides is 1. The predicted octanol–water partition coefficient (Wildman–Crippen LogP) is 0.421. The van der Waals surface area contributed by atoms with Crippen molar-refractivity contribution in [3.8, 4) is 0 Å². The first-order valence-corrected chi connectivity index (χ1v) is 5.90. The van der Waals surface area contributed by atoms with Gasteiger partial charge in [0.1, 0.15) is 0 Å². The number of fused-ring (bicyclic) bond motifs is 2. The zero-order chi connectivity index (χ0) is 10.8. The lowest BCUT2D eigenvalue weighted by Gasteiger charge is -2.23. The molecule has 2 heterocycles. The van der Waals surface area contributed by atoms with Crippen LogP contribution in [0.25, 0.3) is 0 Å². The molecule has 2 saturated heterocycles. The van der Waals surface area contributed by atoms with Crippen molar-refractivity contribution < 1.29 is 9.53 Å². The molecule has 0 aromatic rings. The second kappa shape index (κ2) is 4.49. The van der Waals surface area contributed by atoms with Gasteiger partial charge in [0.25, 0.3) is 0 Å². The van der Waals surface area contributed by atoms with Crippen LogP contribution in [-0.2, 0) is 9.53 Å². The predicted molar refractivity (Wildman–Crippen MR) is 57.6 cm³/mol. The van der Waals surface area contributed by atoms with Crippen molar-refractivity contribution in [2.24, 2.45) is 0 Å². The molecule has 15 heavy (non-hydrogen) atoms. The van der Waals surface area contributed by atoms with E-state index in [1.807, 2.05) is 13.8 Å². The number of nitrogens with one attached hydrogen (secondary N) is 2. The van der Waals surface area contributed by atoms with Crippen LogP contribution in [-0.4, -0.2) is 36.7 Å². The molecule has 0 aliphatic carbocycles. The quantitative estimate of drug-likeness (QED) is 0.710. The third-order valence-corrected chi connectivity index (χ3v) is 3.31. The molecule has 4 unspecified atom stereocenters. The first kappa shape index (κ1) is 10.9. The molecule has 2 rings (SSSR count). The monoisotopic (exact) mass is 212 g/mol. The van der Waals surface area contributed by atoms with Crippen LogP contribution in [0.3, 0.4) is 0 Å². The van der Waals surface area contributed by atoms with Gasteiger partial charge in [-0.15, -0.1) is 0 Å². The van der Waals surface area contributed by atoms with Gasteiger partial charge in [-0.2, -0.15) is 0 Å². The van der Waals surface area contributed by atoms with Gasteiger partial charge < -0.3 is 15.4 Å². The summed E-state index contributed by atoms with van der Waals surface area (Å²) in [6.07, 6.45) is 4.18. The van der Waals surface area contributed by atoms with Crippen LogP contribution in [0.5, 0.6) is 0 Å². The Kier molecular flexibility index (Phi) is 3.26. The number of rotatable bonds is 4. The zero-order valence-corrected chi connectivity index (χ0v) is 9.45. The fourth-order valence-electron chi connectivity index (χ4n) is 2.54. The van der Waals surface area contributed by atoms with Crippen LogP contribution >= 0.6 is 0 Å². The lowest BCUT2D eigenvalue weighted by atomic mass is 9.95. The summed E-state index contributed by atoms with van der Waals surface area (Å²) in [7, 11) is 0. The standard InChI is InChI=1S/C11H20N2O2/c1-3-12-11(14)7(2)13-9-6-8-4-5-10(9)15-8/h7-10,13H,3-6H2,1-2H3,(H,12,14). The lowest BCUT2D eigenvalue weighted by Crippen LogP contribution is -2.49. The molecule has 2 N–H and O–H groups in total. The molecule has 86 valence electrons. The van der Waals surface area contributed by atoms with Crippen molar-refractivity contribution in [1.82, 2.24) is 10.6 Å². The number of ether oxygens (including phenoxy) is 1. The average molecular weight is 212 g/mol. The minimum Gasteiger partial charge on any atom is -0.373 e. The van der Waals surface area contributed by atoms with Gasteiger partial charge in [0.2, 0.25) is 5.91 Å². The fraction of sp³-hybridized carbons (Fsp3) is 0.909. The maximum absolute atomic E-state index is 11.5. The number of carbonyl (C=O) groups is 1. The molecule has 1 amide bonds. The van der Waals surface area contributed by atoms with Crippen LogP contribution in [0.2, 0.25) is 0 Å². The summed E-state index contributed by atoms with van der Waals surface area (Å²) in [4.78, 5) is 11.5. The molecule has 0 aromatic carbocycles. The van der Waals surface area contributed by atoms with Crippen molar-refractivity contribution in [2.75, 3.05) is 6.54 Å². The Labute approximate surface area is 90.8 Å². The summed E-state index contributed by atoms with van der Waals surface area (Å²) in [5, 5.41) is 6.18. The van der Waals surface area contributed by atoms with Gasteiger partial charge in [-0.25, -0.2) is 0 Å². The first-order chi connectivity index (χ1) is 7.20. The van der Waals surface area contributed by atoms with E-state index < -0.39 is 0 Å². The van der Waals surface area contributed by atoms with Crippen LogP contribution in [0.15, 0.2) is 0 Å². The fourth-order valence-corrected chi connectivity index (χ4v) is 2.54. The average Bonchev–Trinajstić information content (AvgIpc) is 2.79. The Morgan fingerprint density at radius 2 is 2.33 bits per heavy atom. The third-order valence-electron chi connectivity index (χ3n) is 3.31. The van der Waals surface area contributed by atoms with E-state index in [-0.39, 0.29) is 11.9 Å².